The molecular weight excluding hydrogens is 216 g/mol. The minimum absolute atomic E-state index is 0.0206. The second-order valence-corrected chi connectivity index (χ2v) is 4.05. The summed E-state index contributed by atoms with van der Waals surface area (Å²) < 4.78 is 5.33. The Morgan fingerprint density at radius 2 is 1.94 bits per heavy atom. The molecule has 0 saturated carbocycles. The van der Waals surface area contributed by atoms with Crippen molar-refractivity contribution in [3.05, 3.63) is 28.8 Å². The van der Waals surface area contributed by atoms with Gasteiger partial charge >= 0.3 is 0 Å². The van der Waals surface area contributed by atoms with Gasteiger partial charge in [0.2, 0.25) is 5.91 Å². The molecule has 17 heavy (non-hydrogen) atoms. The lowest BCUT2D eigenvalue weighted by atomic mass is 10.0. The van der Waals surface area contributed by atoms with Crippen molar-refractivity contribution in [2.75, 3.05) is 14.2 Å². The fourth-order valence-electron chi connectivity index (χ4n) is 1.68. The highest BCUT2D eigenvalue weighted by Crippen LogP contribution is 2.24. The number of amides is 1. The minimum atomic E-state index is -0.0206. The maximum atomic E-state index is 11.4. The number of methoxy groups -OCH3 is 1. The van der Waals surface area contributed by atoms with Gasteiger partial charge < -0.3 is 4.74 Å². The van der Waals surface area contributed by atoms with Crippen molar-refractivity contribution in [2.45, 2.75) is 26.7 Å². The van der Waals surface area contributed by atoms with Gasteiger partial charge in [-0.1, -0.05) is 6.07 Å². The summed E-state index contributed by atoms with van der Waals surface area (Å²) in [5.41, 5.74) is 8.66. The fourth-order valence-corrected chi connectivity index (χ4v) is 1.68. The van der Waals surface area contributed by atoms with Crippen LogP contribution in [0.3, 0.4) is 0 Å². The molecule has 0 heterocycles. The van der Waals surface area contributed by atoms with Gasteiger partial charge in [0.15, 0.2) is 0 Å². The van der Waals surface area contributed by atoms with E-state index in [-0.39, 0.29) is 5.91 Å². The summed E-state index contributed by atoms with van der Waals surface area (Å²) in [4.78, 5) is 11.4. The topological polar surface area (TPSA) is 50.4 Å². The number of rotatable bonds is 5. The number of carbonyl (C=O) groups excluding carboxylic acids is 1. The molecule has 4 nitrogen and oxygen atoms in total. The van der Waals surface area contributed by atoms with E-state index < -0.39 is 0 Å². The molecule has 4 heteroatoms. The Bertz CT molecular complexity index is 403. The third-order valence-electron chi connectivity index (χ3n) is 2.78. The molecule has 0 aliphatic carbocycles. The quantitative estimate of drug-likeness (QED) is 0.762. The number of carbonyl (C=O) groups is 1. The summed E-state index contributed by atoms with van der Waals surface area (Å²) in [5, 5.41) is 0. The molecule has 0 bridgehead atoms. The van der Waals surface area contributed by atoms with Crippen LogP contribution in [-0.4, -0.2) is 20.1 Å². The standard InChI is InChI=1S/C13H20N2O2/c1-9-7-11(5-6-13(16)15-14-3)12(17-4)8-10(9)2/h7-8,14H,5-6H2,1-4H3,(H,15,16). The number of nitrogens with one attached hydrogen (secondary N) is 2. The number of aryl methyl sites for hydroxylation is 3. The zero-order chi connectivity index (χ0) is 12.8. The van der Waals surface area contributed by atoms with E-state index in [0.29, 0.717) is 12.8 Å². The molecule has 0 fully saturated rings. The lowest BCUT2D eigenvalue weighted by molar-refractivity contribution is -0.121. The van der Waals surface area contributed by atoms with Gasteiger partial charge in [0.05, 0.1) is 7.11 Å². The van der Waals surface area contributed by atoms with Gasteiger partial charge in [-0.15, -0.1) is 0 Å². The van der Waals surface area contributed by atoms with Crippen LogP contribution in [-0.2, 0) is 11.2 Å². The highest BCUT2D eigenvalue weighted by molar-refractivity contribution is 5.75. The van der Waals surface area contributed by atoms with Gasteiger partial charge in [-0.25, -0.2) is 5.43 Å². The summed E-state index contributed by atoms with van der Waals surface area (Å²) in [6.07, 6.45) is 1.12. The second-order valence-electron chi connectivity index (χ2n) is 4.05. The Morgan fingerprint density at radius 1 is 1.29 bits per heavy atom. The van der Waals surface area contributed by atoms with Crippen molar-refractivity contribution >= 4 is 5.91 Å². The van der Waals surface area contributed by atoms with Crippen LogP contribution in [0, 0.1) is 13.8 Å². The summed E-state index contributed by atoms with van der Waals surface area (Å²) >= 11 is 0. The molecule has 1 rings (SSSR count). The molecule has 94 valence electrons. The third-order valence-corrected chi connectivity index (χ3v) is 2.78. The van der Waals surface area contributed by atoms with E-state index in [1.807, 2.05) is 6.07 Å². The first-order valence-electron chi connectivity index (χ1n) is 5.68. The van der Waals surface area contributed by atoms with Crippen molar-refractivity contribution in [3.63, 3.8) is 0 Å². The molecule has 0 atom stereocenters. The summed E-state index contributed by atoms with van der Waals surface area (Å²) in [6.45, 7) is 4.11. The molecular formula is C13H20N2O2. The molecule has 0 saturated heterocycles. The van der Waals surface area contributed by atoms with Crippen LogP contribution in [0.1, 0.15) is 23.1 Å². The highest BCUT2D eigenvalue weighted by atomic mass is 16.5. The Labute approximate surface area is 102 Å². The minimum Gasteiger partial charge on any atom is -0.496 e. The molecule has 1 aromatic rings. The maximum Gasteiger partial charge on any atom is 0.234 e. The van der Waals surface area contributed by atoms with Gasteiger partial charge in [-0.3, -0.25) is 10.2 Å². The van der Waals surface area contributed by atoms with Crippen molar-refractivity contribution in [1.29, 1.82) is 0 Å². The van der Waals surface area contributed by atoms with E-state index in [4.69, 9.17) is 4.74 Å². The van der Waals surface area contributed by atoms with E-state index >= 15 is 0 Å². The molecule has 0 aliphatic rings. The van der Waals surface area contributed by atoms with Gasteiger partial charge in [0, 0.05) is 13.5 Å². The van der Waals surface area contributed by atoms with Gasteiger partial charge in [-0.2, -0.15) is 0 Å². The summed E-state index contributed by atoms with van der Waals surface area (Å²) in [5.74, 6) is 0.832. The number of benzene rings is 1. The average molecular weight is 236 g/mol. The van der Waals surface area contributed by atoms with E-state index in [9.17, 15) is 4.79 Å². The molecule has 0 spiro atoms. The zero-order valence-corrected chi connectivity index (χ0v) is 10.9. The number of hydrogen-bond acceptors (Lipinski definition) is 3. The Balaban J connectivity index is 2.76. The molecule has 0 radical (unpaired) electrons. The van der Waals surface area contributed by atoms with Crippen LogP contribution in [0.15, 0.2) is 12.1 Å². The van der Waals surface area contributed by atoms with E-state index in [1.54, 1.807) is 14.2 Å². The van der Waals surface area contributed by atoms with Crippen LogP contribution in [0.25, 0.3) is 0 Å². The van der Waals surface area contributed by atoms with Gasteiger partial charge in [0.1, 0.15) is 5.75 Å². The predicted molar refractivity (Wildman–Crippen MR) is 68.0 cm³/mol. The number of ether oxygens (including phenoxy) is 1. The first-order valence-corrected chi connectivity index (χ1v) is 5.68. The van der Waals surface area contributed by atoms with Crippen molar-refractivity contribution < 1.29 is 9.53 Å². The van der Waals surface area contributed by atoms with Crippen LogP contribution in [0.2, 0.25) is 0 Å². The summed E-state index contributed by atoms with van der Waals surface area (Å²) in [7, 11) is 3.33. The first kappa shape index (κ1) is 13.5. The predicted octanol–water partition coefficient (Wildman–Crippen LogP) is 1.50. The monoisotopic (exact) mass is 236 g/mol. The Morgan fingerprint density at radius 3 is 2.53 bits per heavy atom. The SMILES string of the molecule is CNNC(=O)CCc1cc(C)c(C)cc1OC. The van der Waals surface area contributed by atoms with Crippen molar-refractivity contribution in [1.82, 2.24) is 10.9 Å². The van der Waals surface area contributed by atoms with Gasteiger partial charge in [-0.05, 0) is 43.0 Å². The number of hydrazine groups is 1. The molecule has 0 aliphatic heterocycles. The first-order chi connectivity index (χ1) is 8.08. The maximum absolute atomic E-state index is 11.4. The van der Waals surface area contributed by atoms with Crippen LogP contribution in [0.5, 0.6) is 5.75 Å². The van der Waals surface area contributed by atoms with E-state index in [1.165, 1.54) is 11.1 Å². The van der Waals surface area contributed by atoms with E-state index in [0.717, 1.165) is 11.3 Å². The normalized spacial score (nSPS) is 10.1. The Hall–Kier alpha value is -1.55. The number of hydrogen-bond donors (Lipinski definition) is 2. The average Bonchev–Trinajstić information content (AvgIpc) is 2.30. The molecule has 1 aromatic carbocycles. The van der Waals surface area contributed by atoms with Crippen LogP contribution >= 0.6 is 0 Å². The zero-order valence-electron chi connectivity index (χ0n) is 10.9. The smallest absolute Gasteiger partial charge is 0.234 e. The van der Waals surface area contributed by atoms with Crippen LogP contribution in [0.4, 0.5) is 0 Å². The summed E-state index contributed by atoms with van der Waals surface area (Å²) in [6, 6.07) is 4.10. The lowest BCUT2D eigenvalue weighted by Gasteiger charge is -2.11. The van der Waals surface area contributed by atoms with Crippen LogP contribution < -0.4 is 15.6 Å². The van der Waals surface area contributed by atoms with Crippen molar-refractivity contribution in [2.24, 2.45) is 0 Å². The van der Waals surface area contributed by atoms with E-state index in [2.05, 4.69) is 30.8 Å². The fraction of sp³-hybridized carbons (Fsp3) is 0.462. The third kappa shape index (κ3) is 3.75. The molecule has 0 aromatic heterocycles. The molecule has 0 unspecified atom stereocenters. The largest absolute Gasteiger partial charge is 0.496 e. The molecule has 1 amide bonds. The Kier molecular flexibility index (Phi) is 4.97. The van der Waals surface area contributed by atoms with Gasteiger partial charge in [0.25, 0.3) is 0 Å². The lowest BCUT2D eigenvalue weighted by Crippen LogP contribution is -2.34. The molecule has 2 N–H and O–H groups in total. The second kappa shape index (κ2) is 6.25. The van der Waals surface area contributed by atoms with Crippen molar-refractivity contribution in [3.8, 4) is 5.75 Å². The highest BCUT2D eigenvalue weighted by Gasteiger charge is 2.08.